The lowest BCUT2D eigenvalue weighted by molar-refractivity contribution is -0.150. The molecule has 1 saturated carbocycles. The molecular formula is C22H32N2O3. The molecule has 1 heterocycles. The van der Waals surface area contributed by atoms with E-state index in [-0.39, 0.29) is 11.9 Å². The van der Waals surface area contributed by atoms with Crippen molar-refractivity contribution in [1.82, 2.24) is 4.90 Å². The SMILES string of the molecule is CCOC(=O)[C@@H]1CCCN(CCON=CC2CCCC2c2ccccc2)C1. The monoisotopic (exact) mass is 372 g/mol. The Hall–Kier alpha value is -1.88. The summed E-state index contributed by atoms with van der Waals surface area (Å²) < 4.78 is 5.16. The van der Waals surface area contributed by atoms with E-state index in [1.807, 2.05) is 13.1 Å². The average Bonchev–Trinajstić information content (AvgIpc) is 3.17. The molecule has 2 aliphatic rings. The number of ether oxygens (including phenoxy) is 1. The summed E-state index contributed by atoms with van der Waals surface area (Å²) in [6, 6.07) is 10.7. The van der Waals surface area contributed by atoms with Gasteiger partial charge >= 0.3 is 5.97 Å². The van der Waals surface area contributed by atoms with Crippen LogP contribution in [0.25, 0.3) is 0 Å². The molecule has 1 aliphatic heterocycles. The lowest BCUT2D eigenvalue weighted by Crippen LogP contribution is -2.40. The van der Waals surface area contributed by atoms with Crippen molar-refractivity contribution in [1.29, 1.82) is 0 Å². The normalized spacial score (nSPS) is 26.3. The highest BCUT2D eigenvalue weighted by atomic mass is 16.6. The van der Waals surface area contributed by atoms with Crippen molar-refractivity contribution >= 4 is 12.2 Å². The second-order valence-corrected chi connectivity index (χ2v) is 7.59. The summed E-state index contributed by atoms with van der Waals surface area (Å²) in [6.07, 6.45) is 7.62. The van der Waals surface area contributed by atoms with Crippen molar-refractivity contribution in [2.45, 2.75) is 44.9 Å². The van der Waals surface area contributed by atoms with Gasteiger partial charge in [-0.2, -0.15) is 0 Å². The maximum atomic E-state index is 11.9. The van der Waals surface area contributed by atoms with Crippen molar-refractivity contribution in [3.8, 4) is 0 Å². The van der Waals surface area contributed by atoms with Crippen LogP contribution < -0.4 is 0 Å². The van der Waals surface area contributed by atoms with Gasteiger partial charge in [0.15, 0.2) is 0 Å². The second-order valence-electron chi connectivity index (χ2n) is 7.59. The van der Waals surface area contributed by atoms with Crippen LogP contribution in [-0.4, -0.2) is 49.9 Å². The van der Waals surface area contributed by atoms with Crippen LogP contribution in [-0.2, 0) is 14.4 Å². The molecule has 1 aromatic carbocycles. The van der Waals surface area contributed by atoms with E-state index < -0.39 is 0 Å². The molecule has 0 bridgehead atoms. The van der Waals surface area contributed by atoms with E-state index in [1.165, 1.54) is 24.8 Å². The lowest BCUT2D eigenvalue weighted by atomic mass is 9.90. The molecule has 2 fully saturated rings. The van der Waals surface area contributed by atoms with Crippen LogP contribution in [0.15, 0.2) is 35.5 Å². The number of hydrogen-bond acceptors (Lipinski definition) is 5. The van der Waals surface area contributed by atoms with Gasteiger partial charge in [-0.15, -0.1) is 0 Å². The van der Waals surface area contributed by atoms with Crippen molar-refractivity contribution < 1.29 is 14.4 Å². The van der Waals surface area contributed by atoms with Crippen LogP contribution in [0.1, 0.15) is 50.5 Å². The van der Waals surface area contributed by atoms with Gasteiger partial charge in [-0.3, -0.25) is 9.69 Å². The molecule has 0 spiro atoms. The highest BCUT2D eigenvalue weighted by molar-refractivity contribution is 5.72. The maximum Gasteiger partial charge on any atom is 0.310 e. The number of nitrogens with zero attached hydrogens (tertiary/aromatic N) is 2. The summed E-state index contributed by atoms with van der Waals surface area (Å²) in [7, 11) is 0. The van der Waals surface area contributed by atoms with Crippen LogP contribution in [0.3, 0.4) is 0 Å². The molecule has 1 saturated heterocycles. The summed E-state index contributed by atoms with van der Waals surface area (Å²) in [4.78, 5) is 19.7. The molecule has 1 aliphatic carbocycles. The third-order valence-electron chi connectivity index (χ3n) is 5.75. The molecule has 0 aromatic heterocycles. The summed E-state index contributed by atoms with van der Waals surface area (Å²) >= 11 is 0. The molecule has 2 unspecified atom stereocenters. The Kier molecular flexibility index (Phi) is 7.69. The quantitative estimate of drug-likeness (QED) is 0.301. The minimum absolute atomic E-state index is 0.00678. The molecule has 3 atom stereocenters. The third-order valence-corrected chi connectivity index (χ3v) is 5.75. The molecule has 148 valence electrons. The van der Waals surface area contributed by atoms with Gasteiger partial charge in [0.05, 0.1) is 12.5 Å². The number of hydrogen-bond donors (Lipinski definition) is 0. The summed E-state index contributed by atoms with van der Waals surface area (Å²) in [5.41, 5.74) is 1.41. The fraction of sp³-hybridized carbons (Fsp3) is 0.636. The lowest BCUT2D eigenvalue weighted by Gasteiger charge is -2.30. The molecule has 0 N–H and O–H groups in total. The van der Waals surface area contributed by atoms with Crippen LogP contribution in [0.5, 0.6) is 0 Å². The fourth-order valence-corrected chi connectivity index (χ4v) is 4.34. The second kappa shape index (κ2) is 10.5. The van der Waals surface area contributed by atoms with Crippen LogP contribution in [0.4, 0.5) is 0 Å². The van der Waals surface area contributed by atoms with E-state index in [9.17, 15) is 4.79 Å². The van der Waals surface area contributed by atoms with Gasteiger partial charge < -0.3 is 9.57 Å². The molecule has 1 aromatic rings. The zero-order valence-electron chi connectivity index (χ0n) is 16.4. The average molecular weight is 373 g/mol. The first kappa shape index (κ1) is 19.9. The standard InChI is InChI=1S/C22H32N2O3/c1-2-26-22(25)20-11-7-13-24(17-20)14-15-27-23-16-19-10-6-12-21(19)18-8-4-3-5-9-18/h3-5,8-9,16,19-21H,2,6-7,10-15,17H2,1H3/t19?,20-,21?/m1/s1. The zero-order chi connectivity index (χ0) is 18.9. The Morgan fingerprint density at radius 1 is 1.22 bits per heavy atom. The third kappa shape index (κ3) is 5.80. The van der Waals surface area contributed by atoms with Crippen LogP contribution in [0, 0.1) is 11.8 Å². The summed E-state index contributed by atoms with van der Waals surface area (Å²) in [5.74, 6) is 0.975. The number of carbonyl (C=O) groups excluding carboxylic acids is 1. The number of oxime groups is 1. The van der Waals surface area contributed by atoms with Crippen molar-refractivity contribution in [2.24, 2.45) is 17.0 Å². The Morgan fingerprint density at radius 2 is 2.07 bits per heavy atom. The minimum atomic E-state index is -0.0608. The van der Waals surface area contributed by atoms with E-state index in [2.05, 4.69) is 40.4 Å². The number of rotatable bonds is 8. The smallest absolute Gasteiger partial charge is 0.310 e. The summed E-state index contributed by atoms with van der Waals surface area (Å²) in [5, 5.41) is 4.25. The van der Waals surface area contributed by atoms with Crippen molar-refractivity contribution in [3.63, 3.8) is 0 Å². The maximum absolute atomic E-state index is 11.9. The highest BCUT2D eigenvalue weighted by Gasteiger charge is 2.28. The van der Waals surface area contributed by atoms with Gasteiger partial charge in [0.25, 0.3) is 0 Å². The van der Waals surface area contributed by atoms with Gasteiger partial charge in [0, 0.05) is 25.2 Å². The van der Waals surface area contributed by atoms with Crippen LogP contribution in [0.2, 0.25) is 0 Å². The van der Waals surface area contributed by atoms with Crippen molar-refractivity contribution in [3.05, 3.63) is 35.9 Å². The minimum Gasteiger partial charge on any atom is -0.466 e. The summed E-state index contributed by atoms with van der Waals surface area (Å²) in [6.45, 7) is 5.47. The first-order valence-electron chi connectivity index (χ1n) is 10.4. The predicted molar refractivity (Wildman–Crippen MR) is 107 cm³/mol. The Labute approximate surface area is 162 Å². The van der Waals surface area contributed by atoms with E-state index in [0.717, 1.165) is 32.5 Å². The molecule has 5 heteroatoms. The van der Waals surface area contributed by atoms with E-state index >= 15 is 0 Å². The Balaban J connectivity index is 1.39. The number of carbonyl (C=O) groups is 1. The van der Waals surface area contributed by atoms with Gasteiger partial charge in [0.2, 0.25) is 0 Å². The first-order chi connectivity index (χ1) is 13.3. The van der Waals surface area contributed by atoms with Gasteiger partial charge in [-0.25, -0.2) is 0 Å². The molecular weight excluding hydrogens is 340 g/mol. The molecule has 27 heavy (non-hydrogen) atoms. The van der Waals surface area contributed by atoms with E-state index in [4.69, 9.17) is 9.57 Å². The number of benzene rings is 1. The largest absolute Gasteiger partial charge is 0.466 e. The first-order valence-corrected chi connectivity index (χ1v) is 10.4. The topological polar surface area (TPSA) is 51.1 Å². The predicted octanol–water partition coefficient (Wildman–Crippen LogP) is 3.85. The van der Waals surface area contributed by atoms with Gasteiger partial charge in [0.1, 0.15) is 6.61 Å². The number of piperidine rings is 1. The van der Waals surface area contributed by atoms with Gasteiger partial charge in [-0.1, -0.05) is 41.9 Å². The van der Waals surface area contributed by atoms with Crippen LogP contribution >= 0.6 is 0 Å². The molecule has 0 radical (unpaired) electrons. The number of esters is 1. The fourth-order valence-electron chi connectivity index (χ4n) is 4.34. The number of likely N-dealkylation sites (tertiary alicyclic amines) is 1. The van der Waals surface area contributed by atoms with Gasteiger partial charge in [-0.05, 0) is 50.6 Å². The molecule has 0 amide bonds. The zero-order valence-corrected chi connectivity index (χ0v) is 16.4. The van der Waals surface area contributed by atoms with Crippen molar-refractivity contribution in [2.75, 3.05) is 32.8 Å². The highest BCUT2D eigenvalue weighted by Crippen LogP contribution is 2.38. The molecule has 5 nitrogen and oxygen atoms in total. The Morgan fingerprint density at radius 3 is 2.89 bits per heavy atom. The van der Waals surface area contributed by atoms with E-state index in [1.54, 1.807) is 0 Å². The Bertz CT molecular complexity index is 605. The van der Waals surface area contributed by atoms with E-state index in [0.29, 0.717) is 25.0 Å². The molecule has 3 rings (SSSR count).